The molecular weight excluding hydrogens is 340 g/mol. The van der Waals surface area contributed by atoms with E-state index in [0.29, 0.717) is 5.92 Å². The lowest BCUT2D eigenvalue weighted by Crippen LogP contribution is -2.18. The maximum atomic E-state index is 4.78. The first-order valence-corrected chi connectivity index (χ1v) is 8.97. The summed E-state index contributed by atoms with van der Waals surface area (Å²) in [5.41, 5.74) is 1.24. The Hall–Kier alpha value is -0.230. The number of aryl methyl sites for hydroxylation is 1. The molecule has 0 radical (unpaired) electrons. The van der Waals surface area contributed by atoms with Crippen LogP contribution in [0.25, 0.3) is 9.88 Å². The van der Waals surface area contributed by atoms with E-state index >= 15 is 0 Å². The summed E-state index contributed by atoms with van der Waals surface area (Å²) in [6, 6.07) is 4.22. The normalized spacial score (nSPS) is 11.4. The fourth-order valence-corrected chi connectivity index (χ4v) is 4.37. The zero-order chi connectivity index (χ0) is 13.8. The minimum atomic E-state index is 0.686. The molecule has 5 heteroatoms. The number of aromatic nitrogens is 1. The number of hydrogen-bond donors (Lipinski definition) is 1. The van der Waals surface area contributed by atoms with Crippen LogP contribution in [0.4, 0.5) is 0 Å². The van der Waals surface area contributed by atoms with E-state index in [0.717, 1.165) is 28.3 Å². The minimum absolute atomic E-state index is 0.686. The molecule has 2 nitrogen and oxygen atoms in total. The molecule has 0 atom stereocenters. The molecule has 0 aliphatic rings. The molecule has 0 saturated heterocycles. The molecule has 19 heavy (non-hydrogen) atoms. The van der Waals surface area contributed by atoms with Crippen molar-refractivity contribution in [1.82, 2.24) is 10.3 Å². The van der Waals surface area contributed by atoms with Crippen LogP contribution in [0.3, 0.4) is 0 Å². The molecule has 0 aromatic carbocycles. The number of rotatable bonds is 6. The molecule has 0 bridgehead atoms. The summed E-state index contributed by atoms with van der Waals surface area (Å²) in [6.45, 7) is 8.63. The second-order valence-electron chi connectivity index (χ2n) is 4.87. The van der Waals surface area contributed by atoms with Crippen molar-refractivity contribution in [2.45, 2.75) is 33.7 Å². The molecular formula is C14H19BrN2S2. The Morgan fingerprint density at radius 2 is 2.11 bits per heavy atom. The van der Waals surface area contributed by atoms with Crippen LogP contribution in [-0.2, 0) is 13.0 Å². The van der Waals surface area contributed by atoms with Crippen LogP contribution in [0.5, 0.6) is 0 Å². The maximum Gasteiger partial charge on any atom is 0.133 e. The molecule has 0 fully saturated rings. The van der Waals surface area contributed by atoms with Crippen LogP contribution in [-0.4, -0.2) is 11.5 Å². The van der Waals surface area contributed by atoms with E-state index in [1.165, 1.54) is 15.4 Å². The molecule has 0 aliphatic heterocycles. The highest BCUT2D eigenvalue weighted by Gasteiger charge is 2.12. The summed E-state index contributed by atoms with van der Waals surface area (Å²) in [5, 5.41) is 4.66. The second-order valence-corrected chi connectivity index (χ2v) is 8.42. The Balaban J connectivity index is 2.13. The van der Waals surface area contributed by atoms with Gasteiger partial charge >= 0.3 is 0 Å². The summed E-state index contributed by atoms with van der Waals surface area (Å²) >= 11 is 7.08. The predicted molar refractivity (Wildman–Crippen MR) is 89.0 cm³/mol. The molecule has 0 saturated carbocycles. The fraction of sp³-hybridized carbons (Fsp3) is 0.500. The molecule has 0 spiro atoms. The van der Waals surface area contributed by atoms with Crippen LogP contribution in [0.15, 0.2) is 15.9 Å². The average Bonchev–Trinajstić information content (AvgIpc) is 2.95. The molecule has 2 heterocycles. The lowest BCUT2D eigenvalue weighted by Gasteiger charge is -2.06. The smallest absolute Gasteiger partial charge is 0.133 e. The van der Waals surface area contributed by atoms with Crippen LogP contribution < -0.4 is 5.32 Å². The van der Waals surface area contributed by atoms with Crippen molar-refractivity contribution < 1.29 is 0 Å². The van der Waals surface area contributed by atoms with Crippen LogP contribution in [0.2, 0.25) is 0 Å². The van der Waals surface area contributed by atoms with Gasteiger partial charge in [-0.05, 0) is 46.9 Å². The van der Waals surface area contributed by atoms with E-state index in [4.69, 9.17) is 4.98 Å². The summed E-state index contributed by atoms with van der Waals surface area (Å²) in [5.74, 6) is 0.686. The third-order valence-corrected chi connectivity index (χ3v) is 5.63. The van der Waals surface area contributed by atoms with Crippen molar-refractivity contribution >= 4 is 38.6 Å². The van der Waals surface area contributed by atoms with Gasteiger partial charge in [0.25, 0.3) is 0 Å². The third kappa shape index (κ3) is 4.12. The Labute approximate surface area is 131 Å². The fourth-order valence-electron chi connectivity index (χ4n) is 1.81. The van der Waals surface area contributed by atoms with E-state index in [-0.39, 0.29) is 0 Å². The van der Waals surface area contributed by atoms with Gasteiger partial charge in [-0.15, -0.1) is 22.7 Å². The standard InChI is InChI=1S/C14H19BrN2S2/c1-4-10-12(8-16-7-9(2)3)19-14(17-10)11-5-6-13(15)18-11/h5-6,9,16H,4,7-8H2,1-3H3. The van der Waals surface area contributed by atoms with E-state index in [9.17, 15) is 0 Å². The quantitative estimate of drug-likeness (QED) is 0.790. The number of nitrogens with one attached hydrogen (secondary N) is 1. The highest BCUT2D eigenvalue weighted by atomic mass is 79.9. The molecule has 2 aromatic rings. The first kappa shape index (κ1) is 15.2. The maximum absolute atomic E-state index is 4.78. The largest absolute Gasteiger partial charge is 0.312 e. The third-order valence-electron chi connectivity index (χ3n) is 2.74. The number of thiophene rings is 1. The van der Waals surface area contributed by atoms with Gasteiger partial charge in [0, 0.05) is 11.4 Å². The van der Waals surface area contributed by atoms with E-state index in [1.54, 1.807) is 11.3 Å². The topological polar surface area (TPSA) is 24.9 Å². The van der Waals surface area contributed by atoms with Crippen molar-refractivity contribution in [2.24, 2.45) is 5.92 Å². The molecule has 0 unspecified atom stereocenters. The van der Waals surface area contributed by atoms with Gasteiger partial charge < -0.3 is 5.32 Å². The lowest BCUT2D eigenvalue weighted by molar-refractivity contribution is 0.553. The lowest BCUT2D eigenvalue weighted by atomic mass is 10.2. The van der Waals surface area contributed by atoms with Crippen molar-refractivity contribution in [3.05, 3.63) is 26.5 Å². The first-order chi connectivity index (χ1) is 9.10. The SMILES string of the molecule is CCc1nc(-c2ccc(Br)s2)sc1CNCC(C)C. The summed E-state index contributed by atoms with van der Waals surface area (Å²) in [4.78, 5) is 7.41. The van der Waals surface area contributed by atoms with Crippen molar-refractivity contribution in [2.75, 3.05) is 6.54 Å². The zero-order valence-corrected chi connectivity index (χ0v) is 14.7. The predicted octanol–water partition coefficient (Wildman–Crippen LogP) is 4.94. The van der Waals surface area contributed by atoms with Gasteiger partial charge in [-0.1, -0.05) is 20.8 Å². The van der Waals surface area contributed by atoms with Gasteiger partial charge in [0.1, 0.15) is 5.01 Å². The van der Waals surface area contributed by atoms with Gasteiger partial charge in [-0.2, -0.15) is 0 Å². The van der Waals surface area contributed by atoms with Gasteiger partial charge in [0.05, 0.1) is 14.4 Å². The van der Waals surface area contributed by atoms with Crippen LogP contribution in [0, 0.1) is 5.92 Å². The number of nitrogens with zero attached hydrogens (tertiary/aromatic N) is 1. The number of hydrogen-bond acceptors (Lipinski definition) is 4. The zero-order valence-electron chi connectivity index (χ0n) is 11.5. The molecule has 1 N–H and O–H groups in total. The Bertz CT molecular complexity index is 531. The average molecular weight is 359 g/mol. The summed E-state index contributed by atoms with van der Waals surface area (Å²) in [6.07, 6.45) is 1.00. The molecule has 2 rings (SSSR count). The summed E-state index contributed by atoms with van der Waals surface area (Å²) in [7, 11) is 0. The van der Waals surface area contributed by atoms with Gasteiger partial charge in [-0.3, -0.25) is 0 Å². The Morgan fingerprint density at radius 3 is 2.68 bits per heavy atom. The van der Waals surface area contributed by atoms with E-state index in [2.05, 4.69) is 54.2 Å². The van der Waals surface area contributed by atoms with E-state index < -0.39 is 0 Å². The number of thiazole rings is 1. The summed E-state index contributed by atoms with van der Waals surface area (Å²) < 4.78 is 1.16. The molecule has 104 valence electrons. The van der Waals surface area contributed by atoms with Gasteiger partial charge in [0.2, 0.25) is 0 Å². The van der Waals surface area contributed by atoms with Gasteiger partial charge in [0.15, 0.2) is 0 Å². The monoisotopic (exact) mass is 358 g/mol. The van der Waals surface area contributed by atoms with Crippen molar-refractivity contribution in [1.29, 1.82) is 0 Å². The van der Waals surface area contributed by atoms with Crippen molar-refractivity contribution in [3.63, 3.8) is 0 Å². The van der Waals surface area contributed by atoms with E-state index in [1.807, 2.05) is 11.3 Å². The van der Waals surface area contributed by atoms with Crippen LogP contribution >= 0.6 is 38.6 Å². The Kier molecular flexibility index (Phi) is 5.57. The van der Waals surface area contributed by atoms with Crippen molar-refractivity contribution in [3.8, 4) is 9.88 Å². The van der Waals surface area contributed by atoms with Gasteiger partial charge in [-0.25, -0.2) is 4.98 Å². The van der Waals surface area contributed by atoms with Crippen LogP contribution in [0.1, 0.15) is 31.3 Å². The second kappa shape index (κ2) is 6.97. The molecule has 2 aromatic heterocycles. The minimum Gasteiger partial charge on any atom is -0.312 e. The molecule has 0 aliphatic carbocycles. The Morgan fingerprint density at radius 1 is 1.32 bits per heavy atom. The number of halogens is 1. The first-order valence-electron chi connectivity index (χ1n) is 6.55. The highest BCUT2D eigenvalue weighted by molar-refractivity contribution is 9.11. The molecule has 0 amide bonds. The highest BCUT2D eigenvalue weighted by Crippen LogP contribution is 2.35.